The Hall–Kier alpha value is -1.84. The molecule has 4 heteroatoms. The molecule has 4 bridgehead atoms. The Kier molecular flexibility index (Phi) is 3.95. The minimum Gasteiger partial charge on any atom is -0.356 e. The minimum atomic E-state index is -0.0967. The van der Waals surface area contributed by atoms with Gasteiger partial charge in [-0.1, -0.05) is 26.0 Å². The normalized spacial score (nSPS) is 36.2. The number of carbonyl (C=O) groups excluding carboxylic acids is 1. The van der Waals surface area contributed by atoms with Crippen LogP contribution in [0.5, 0.6) is 0 Å². The lowest BCUT2D eigenvalue weighted by atomic mass is 9.40. The van der Waals surface area contributed by atoms with Gasteiger partial charge in [0, 0.05) is 13.1 Å². The molecule has 4 aliphatic rings. The molecule has 1 amide bonds. The Morgan fingerprint density at radius 2 is 1.86 bits per heavy atom. The van der Waals surface area contributed by atoms with Crippen LogP contribution < -0.4 is 5.32 Å². The van der Waals surface area contributed by atoms with Crippen molar-refractivity contribution in [3.63, 3.8) is 0 Å². The van der Waals surface area contributed by atoms with Crippen molar-refractivity contribution in [3.8, 4) is 0 Å². The minimum absolute atomic E-state index is 0.0967. The number of benzene rings is 1. The molecule has 150 valence electrons. The number of fused-ring (bicyclic) bond motifs is 1. The molecule has 2 atom stereocenters. The van der Waals surface area contributed by atoms with Gasteiger partial charge in [0.25, 0.3) is 0 Å². The van der Waals surface area contributed by atoms with E-state index in [1.54, 1.807) is 0 Å². The molecule has 0 aliphatic heterocycles. The zero-order valence-electron chi connectivity index (χ0n) is 17.6. The fraction of sp³-hybridized carbons (Fsp3) is 0.667. The Morgan fingerprint density at radius 3 is 2.57 bits per heavy atom. The van der Waals surface area contributed by atoms with Crippen LogP contribution in [0, 0.1) is 29.1 Å². The van der Waals surface area contributed by atoms with Crippen molar-refractivity contribution in [2.75, 3.05) is 6.54 Å². The van der Waals surface area contributed by atoms with Gasteiger partial charge in [-0.2, -0.15) is 0 Å². The molecule has 0 spiro atoms. The van der Waals surface area contributed by atoms with Crippen LogP contribution in [0.3, 0.4) is 0 Å². The number of amides is 1. The van der Waals surface area contributed by atoms with Crippen LogP contribution in [0.15, 0.2) is 24.3 Å². The van der Waals surface area contributed by atoms with Gasteiger partial charge >= 0.3 is 0 Å². The molecule has 4 saturated carbocycles. The molecule has 0 saturated heterocycles. The van der Waals surface area contributed by atoms with Crippen LogP contribution in [0.2, 0.25) is 0 Å². The van der Waals surface area contributed by atoms with Crippen LogP contribution in [-0.4, -0.2) is 22.0 Å². The van der Waals surface area contributed by atoms with E-state index in [1.165, 1.54) is 24.8 Å². The highest BCUT2D eigenvalue weighted by atomic mass is 16.2. The van der Waals surface area contributed by atoms with E-state index < -0.39 is 0 Å². The summed E-state index contributed by atoms with van der Waals surface area (Å²) in [7, 11) is 0. The number of hydrogen-bond donors (Lipinski definition) is 1. The highest BCUT2D eigenvalue weighted by molar-refractivity contribution is 5.83. The van der Waals surface area contributed by atoms with Gasteiger partial charge in [0.15, 0.2) is 0 Å². The predicted octanol–water partition coefficient (Wildman–Crippen LogP) is 4.85. The first-order valence-electron chi connectivity index (χ1n) is 11.0. The maximum Gasteiger partial charge on any atom is 0.226 e. The van der Waals surface area contributed by atoms with Crippen LogP contribution >= 0.6 is 0 Å². The Balaban J connectivity index is 1.23. The van der Waals surface area contributed by atoms with Crippen LogP contribution in [0.25, 0.3) is 11.0 Å². The van der Waals surface area contributed by atoms with Crippen molar-refractivity contribution in [1.82, 2.24) is 14.9 Å². The zero-order chi connectivity index (χ0) is 19.6. The summed E-state index contributed by atoms with van der Waals surface area (Å²) in [6.07, 6.45) is 8.26. The van der Waals surface area contributed by atoms with Crippen molar-refractivity contribution < 1.29 is 4.79 Å². The molecular weight excluding hydrogens is 346 g/mol. The van der Waals surface area contributed by atoms with Gasteiger partial charge < -0.3 is 9.88 Å². The van der Waals surface area contributed by atoms with Gasteiger partial charge in [0.05, 0.1) is 16.4 Å². The molecule has 28 heavy (non-hydrogen) atoms. The first-order valence-corrected chi connectivity index (χ1v) is 11.0. The lowest BCUT2D eigenvalue weighted by molar-refractivity contribution is -0.170. The second-order valence-corrected chi connectivity index (χ2v) is 10.8. The standard InChI is InChI=1S/C24H33N3O/c1-17-26-19-7-4-5-8-20(19)27(17)10-6-9-25-21(28)24-13-18-11-22(2,15-24)14-23(3,12-18)16-24/h4-5,7-8,18H,6,9-16H2,1-3H3,(H,25,28). The number of para-hydroxylation sites is 2. The van der Waals surface area contributed by atoms with Crippen LogP contribution in [0.4, 0.5) is 0 Å². The monoisotopic (exact) mass is 379 g/mol. The fourth-order valence-corrected chi connectivity index (χ4v) is 7.81. The van der Waals surface area contributed by atoms with E-state index in [9.17, 15) is 4.79 Å². The van der Waals surface area contributed by atoms with E-state index in [0.29, 0.717) is 16.7 Å². The van der Waals surface area contributed by atoms with Gasteiger partial charge in [0.1, 0.15) is 5.82 Å². The summed E-state index contributed by atoms with van der Waals surface area (Å²) in [5.41, 5.74) is 2.92. The summed E-state index contributed by atoms with van der Waals surface area (Å²) >= 11 is 0. The Bertz CT molecular complexity index is 911. The third-order valence-electron chi connectivity index (χ3n) is 7.80. The molecule has 1 heterocycles. The first-order chi connectivity index (χ1) is 13.3. The largest absolute Gasteiger partial charge is 0.356 e. The lowest BCUT2D eigenvalue weighted by Gasteiger charge is -2.64. The molecule has 1 aromatic heterocycles. The fourth-order valence-electron chi connectivity index (χ4n) is 7.81. The summed E-state index contributed by atoms with van der Waals surface area (Å²) in [5, 5.41) is 3.33. The second-order valence-electron chi connectivity index (χ2n) is 10.8. The van der Waals surface area contributed by atoms with E-state index in [-0.39, 0.29) is 5.41 Å². The van der Waals surface area contributed by atoms with E-state index in [1.807, 2.05) is 6.07 Å². The molecule has 4 fully saturated rings. The van der Waals surface area contributed by atoms with Gasteiger partial charge in [0.2, 0.25) is 5.91 Å². The summed E-state index contributed by atoms with van der Waals surface area (Å²) in [4.78, 5) is 17.9. The van der Waals surface area contributed by atoms with Gasteiger partial charge in [-0.15, -0.1) is 0 Å². The number of hydrogen-bond acceptors (Lipinski definition) is 2. The van der Waals surface area contributed by atoms with Gasteiger partial charge in [-0.05, 0) is 80.8 Å². The molecule has 2 aromatic rings. The number of aryl methyl sites for hydroxylation is 2. The molecule has 2 unspecified atom stereocenters. The van der Waals surface area contributed by atoms with Crippen molar-refractivity contribution in [2.24, 2.45) is 22.2 Å². The molecule has 1 N–H and O–H groups in total. The third kappa shape index (κ3) is 2.87. The maximum absolute atomic E-state index is 13.3. The summed E-state index contributed by atoms with van der Waals surface area (Å²) in [6, 6.07) is 8.29. The lowest BCUT2D eigenvalue weighted by Crippen LogP contribution is -2.59. The topological polar surface area (TPSA) is 46.9 Å². The quantitative estimate of drug-likeness (QED) is 0.755. The number of aromatic nitrogens is 2. The van der Waals surface area contributed by atoms with Gasteiger partial charge in [-0.25, -0.2) is 4.98 Å². The van der Waals surface area contributed by atoms with Crippen molar-refractivity contribution >= 4 is 16.9 Å². The SMILES string of the molecule is Cc1nc2ccccc2n1CCCNC(=O)C12CC3CC(C)(CC(C)(C3)C1)C2. The average Bonchev–Trinajstić information content (AvgIpc) is 2.90. The molecule has 1 aromatic carbocycles. The van der Waals surface area contributed by atoms with Gasteiger partial charge in [-0.3, -0.25) is 4.79 Å². The van der Waals surface area contributed by atoms with Crippen molar-refractivity contribution in [2.45, 2.75) is 72.3 Å². The summed E-state index contributed by atoms with van der Waals surface area (Å²) < 4.78 is 2.27. The number of rotatable bonds is 5. The van der Waals surface area contributed by atoms with E-state index in [2.05, 4.69) is 53.8 Å². The number of imidazole rings is 1. The highest BCUT2D eigenvalue weighted by Gasteiger charge is 2.62. The number of carbonyl (C=O) groups is 1. The maximum atomic E-state index is 13.3. The van der Waals surface area contributed by atoms with Crippen molar-refractivity contribution in [3.05, 3.63) is 30.1 Å². The summed E-state index contributed by atoms with van der Waals surface area (Å²) in [6.45, 7) is 8.59. The molecular formula is C24H33N3O. The molecule has 6 rings (SSSR count). The molecule has 4 nitrogen and oxygen atoms in total. The van der Waals surface area contributed by atoms with Crippen LogP contribution in [0.1, 0.15) is 64.6 Å². The van der Waals surface area contributed by atoms with E-state index in [0.717, 1.165) is 56.0 Å². The average molecular weight is 380 g/mol. The number of nitrogens with one attached hydrogen (secondary N) is 1. The highest BCUT2D eigenvalue weighted by Crippen LogP contribution is 2.69. The zero-order valence-corrected chi connectivity index (χ0v) is 17.6. The molecule has 0 radical (unpaired) electrons. The van der Waals surface area contributed by atoms with Crippen LogP contribution in [-0.2, 0) is 11.3 Å². The Labute approximate surface area is 168 Å². The van der Waals surface area contributed by atoms with E-state index in [4.69, 9.17) is 0 Å². The Morgan fingerprint density at radius 1 is 1.14 bits per heavy atom. The number of nitrogens with zero attached hydrogens (tertiary/aromatic N) is 2. The first kappa shape index (κ1) is 18.2. The third-order valence-corrected chi connectivity index (χ3v) is 7.80. The predicted molar refractivity (Wildman–Crippen MR) is 112 cm³/mol. The van der Waals surface area contributed by atoms with Crippen molar-refractivity contribution in [1.29, 1.82) is 0 Å². The second kappa shape index (κ2) is 6.08. The van der Waals surface area contributed by atoms with E-state index >= 15 is 0 Å². The smallest absolute Gasteiger partial charge is 0.226 e. The summed E-state index contributed by atoms with van der Waals surface area (Å²) in [5.74, 6) is 2.15. The molecule has 4 aliphatic carbocycles.